The molecule has 0 aromatic heterocycles. The summed E-state index contributed by atoms with van der Waals surface area (Å²) >= 11 is 0. The van der Waals surface area contributed by atoms with E-state index in [2.05, 4.69) is 45.1 Å². The predicted molar refractivity (Wildman–Crippen MR) is 261 cm³/mol. The van der Waals surface area contributed by atoms with Gasteiger partial charge < -0.3 is 15.3 Å². The summed E-state index contributed by atoms with van der Waals surface area (Å²) in [5.41, 5.74) is 0. The van der Waals surface area contributed by atoms with Crippen molar-refractivity contribution in [2.75, 3.05) is 0 Å². The Labute approximate surface area is 374 Å². The molecule has 60 heavy (non-hydrogen) atoms. The van der Waals surface area contributed by atoms with E-state index >= 15 is 0 Å². The van der Waals surface area contributed by atoms with Crippen LogP contribution in [0.25, 0.3) is 0 Å². The topological polar surface area (TPSA) is 112 Å². The SMILES string of the molecule is CCCCCCCC/C=C\CCCCCCCC(=O)O.CCCCCCCC/C=C\CCCCCCCC(=O)O.CCCCCCCCCCCCCCCCCC(=O)O. The van der Waals surface area contributed by atoms with E-state index in [4.69, 9.17) is 15.3 Å². The molecule has 0 radical (unpaired) electrons. The summed E-state index contributed by atoms with van der Waals surface area (Å²) in [5, 5.41) is 25.5. The maximum absolute atomic E-state index is 10.3. The maximum Gasteiger partial charge on any atom is 0.303 e. The van der Waals surface area contributed by atoms with Crippen molar-refractivity contribution < 1.29 is 29.7 Å². The summed E-state index contributed by atoms with van der Waals surface area (Å²) in [6, 6.07) is 0. The van der Waals surface area contributed by atoms with Gasteiger partial charge in [-0.2, -0.15) is 0 Å². The second kappa shape index (κ2) is 59.0. The van der Waals surface area contributed by atoms with Gasteiger partial charge in [-0.15, -0.1) is 0 Å². The van der Waals surface area contributed by atoms with Crippen LogP contribution < -0.4 is 0 Å². The number of carboxylic acids is 3. The number of allylic oxidation sites excluding steroid dienone is 4. The molecule has 0 amide bonds. The molecule has 0 aliphatic heterocycles. The Balaban J connectivity index is -0.000000812. The first-order valence-corrected chi connectivity index (χ1v) is 26.3. The fraction of sp³-hybridized carbons (Fsp3) is 0.870. The minimum absolute atomic E-state index is 0.332. The minimum atomic E-state index is -0.664. The first kappa shape index (κ1) is 62.2. The molecule has 356 valence electrons. The zero-order valence-corrected chi connectivity index (χ0v) is 40.5. The van der Waals surface area contributed by atoms with Crippen molar-refractivity contribution in [2.24, 2.45) is 0 Å². The van der Waals surface area contributed by atoms with Gasteiger partial charge >= 0.3 is 17.9 Å². The molecule has 0 rings (SSSR count). The largest absolute Gasteiger partial charge is 0.481 e. The van der Waals surface area contributed by atoms with E-state index in [1.165, 1.54) is 225 Å². The van der Waals surface area contributed by atoms with Crippen LogP contribution in [0, 0.1) is 0 Å². The standard InChI is InChI=1S/C18H36O2.2C18H34O2/c3*1-2-3-4-5-6-7-8-9-10-11-12-13-14-15-16-17-18(19)20/h2-17H2,1H3,(H,19,20);2*9-10H,2-8,11-17H2,1H3,(H,19,20)/b;2*10-9-. The number of rotatable bonds is 46. The van der Waals surface area contributed by atoms with Crippen LogP contribution in [0.2, 0.25) is 0 Å². The van der Waals surface area contributed by atoms with E-state index in [0.717, 1.165) is 38.5 Å². The molecular formula is C54H104O6. The van der Waals surface area contributed by atoms with Crippen molar-refractivity contribution in [1.29, 1.82) is 0 Å². The van der Waals surface area contributed by atoms with Gasteiger partial charge in [0.1, 0.15) is 0 Å². The molecule has 0 bridgehead atoms. The highest BCUT2D eigenvalue weighted by Gasteiger charge is 1.99. The van der Waals surface area contributed by atoms with Crippen molar-refractivity contribution in [3.63, 3.8) is 0 Å². The fourth-order valence-electron chi connectivity index (χ4n) is 7.34. The van der Waals surface area contributed by atoms with Gasteiger partial charge in [0.25, 0.3) is 0 Å². The molecule has 6 heteroatoms. The Morgan fingerprint density at radius 2 is 0.400 bits per heavy atom. The van der Waals surface area contributed by atoms with Crippen molar-refractivity contribution in [1.82, 2.24) is 0 Å². The number of carboxylic acid groups (broad SMARTS) is 3. The van der Waals surface area contributed by atoms with Gasteiger partial charge in [-0.3, -0.25) is 14.4 Å². The molecule has 0 aliphatic rings. The Morgan fingerprint density at radius 3 is 0.567 bits per heavy atom. The molecular weight excluding hydrogens is 745 g/mol. The molecule has 0 heterocycles. The number of unbranched alkanes of at least 4 members (excludes halogenated alkanes) is 36. The van der Waals surface area contributed by atoms with Gasteiger partial charge in [0.2, 0.25) is 0 Å². The zero-order valence-electron chi connectivity index (χ0n) is 40.5. The average molecular weight is 849 g/mol. The van der Waals surface area contributed by atoms with Crippen molar-refractivity contribution in [3.05, 3.63) is 24.3 Å². The third-order valence-electron chi connectivity index (χ3n) is 11.3. The van der Waals surface area contributed by atoms with E-state index in [1.54, 1.807) is 0 Å². The van der Waals surface area contributed by atoms with Crippen LogP contribution in [0.15, 0.2) is 24.3 Å². The summed E-state index contributed by atoms with van der Waals surface area (Å²) in [6.07, 6.45) is 62.7. The molecule has 0 atom stereocenters. The molecule has 0 spiro atoms. The van der Waals surface area contributed by atoms with Crippen molar-refractivity contribution in [2.45, 2.75) is 303 Å². The fourth-order valence-corrected chi connectivity index (χ4v) is 7.34. The van der Waals surface area contributed by atoms with Gasteiger partial charge in [0.05, 0.1) is 0 Å². The van der Waals surface area contributed by atoms with Gasteiger partial charge in [0.15, 0.2) is 0 Å². The number of aliphatic carboxylic acids is 3. The van der Waals surface area contributed by atoms with E-state index in [1.807, 2.05) is 0 Å². The maximum atomic E-state index is 10.3. The smallest absolute Gasteiger partial charge is 0.303 e. The van der Waals surface area contributed by atoms with Crippen LogP contribution >= 0.6 is 0 Å². The molecule has 0 aliphatic carbocycles. The van der Waals surface area contributed by atoms with E-state index in [9.17, 15) is 14.4 Å². The van der Waals surface area contributed by atoms with Gasteiger partial charge in [-0.1, -0.05) is 238 Å². The highest BCUT2D eigenvalue weighted by molar-refractivity contribution is 5.67. The summed E-state index contributed by atoms with van der Waals surface area (Å²) < 4.78 is 0. The Bertz CT molecular complexity index is 847. The van der Waals surface area contributed by atoms with Gasteiger partial charge in [0, 0.05) is 19.3 Å². The lowest BCUT2D eigenvalue weighted by atomic mass is 10.0. The molecule has 3 N–H and O–H groups in total. The summed E-state index contributed by atoms with van der Waals surface area (Å²) in [5.74, 6) is -1.98. The molecule has 0 aromatic rings. The van der Waals surface area contributed by atoms with Crippen LogP contribution in [-0.2, 0) is 14.4 Å². The third-order valence-corrected chi connectivity index (χ3v) is 11.3. The minimum Gasteiger partial charge on any atom is -0.481 e. The van der Waals surface area contributed by atoms with Gasteiger partial charge in [-0.25, -0.2) is 0 Å². The normalized spacial score (nSPS) is 11.1. The van der Waals surface area contributed by atoms with E-state index < -0.39 is 17.9 Å². The summed E-state index contributed by atoms with van der Waals surface area (Å²) in [7, 11) is 0. The first-order chi connectivity index (χ1) is 29.3. The number of carbonyl (C=O) groups is 3. The molecule has 0 saturated heterocycles. The predicted octanol–water partition coefficient (Wildman–Crippen LogP) is 18.5. The average Bonchev–Trinajstić information content (AvgIpc) is 3.22. The molecule has 0 aromatic carbocycles. The lowest BCUT2D eigenvalue weighted by Gasteiger charge is -2.03. The third kappa shape index (κ3) is 70.4. The second-order valence-corrected chi connectivity index (χ2v) is 17.5. The van der Waals surface area contributed by atoms with Crippen molar-refractivity contribution >= 4 is 17.9 Å². The lowest BCUT2D eigenvalue weighted by Crippen LogP contribution is -1.93. The number of hydrogen-bond acceptors (Lipinski definition) is 3. The Morgan fingerprint density at radius 1 is 0.250 bits per heavy atom. The summed E-state index contributed by atoms with van der Waals surface area (Å²) in [4.78, 5) is 31.0. The molecule has 0 saturated carbocycles. The van der Waals surface area contributed by atoms with Crippen LogP contribution in [0.1, 0.15) is 303 Å². The van der Waals surface area contributed by atoms with Gasteiger partial charge in [-0.05, 0) is 70.6 Å². The molecule has 0 fully saturated rings. The highest BCUT2D eigenvalue weighted by Crippen LogP contribution is 2.15. The Hall–Kier alpha value is -2.11. The first-order valence-electron chi connectivity index (χ1n) is 26.3. The highest BCUT2D eigenvalue weighted by atomic mass is 16.4. The Kier molecular flexibility index (Phi) is 61.1. The number of hydrogen-bond donors (Lipinski definition) is 3. The van der Waals surface area contributed by atoms with Crippen molar-refractivity contribution in [3.8, 4) is 0 Å². The monoisotopic (exact) mass is 849 g/mol. The quantitative estimate of drug-likeness (QED) is 0.0415. The van der Waals surface area contributed by atoms with E-state index in [-0.39, 0.29) is 0 Å². The van der Waals surface area contributed by atoms with Crippen LogP contribution in [0.5, 0.6) is 0 Å². The van der Waals surface area contributed by atoms with Crippen LogP contribution in [0.4, 0.5) is 0 Å². The van der Waals surface area contributed by atoms with E-state index in [0.29, 0.717) is 19.3 Å². The van der Waals surface area contributed by atoms with Crippen LogP contribution in [0.3, 0.4) is 0 Å². The molecule has 6 nitrogen and oxygen atoms in total. The van der Waals surface area contributed by atoms with Crippen LogP contribution in [-0.4, -0.2) is 33.2 Å². The lowest BCUT2D eigenvalue weighted by molar-refractivity contribution is -0.138. The second-order valence-electron chi connectivity index (χ2n) is 17.5. The molecule has 0 unspecified atom stereocenters. The zero-order chi connectivity index (χ0) is 44.7. The summed E-state index contributed by atoms with van der Waals surface area (Å²) in [6.45, 7) is 6.79.